The molecule has 0 unspecified atom stereocenters. The van der Waals surface area contributed by atoms with Gasteiger partial charge in [-0.05, 0) is 48.7 Å². The lowest BCUT2D eigenvalue weighted by molar-refractivity contribution is -0.112. The average Bonchev–Trinajstić information content (AvgIpc) is 2.96. The number of aryl methyl sites for hydroxylation is 1. The summed E-state index contributed by atoms with van der Waals surface area (Å²) in [4.78, 5) is 26.6. The number of primary amides is 1. The lowest BCUT2D eigenvalue weighted by atomic mass is 9.96. The SMILES string of the molecule is C=C(C)C(=O)Nc1cccc(-c2ccc(C(N)=O)c3[nH]cc(C)c23)c1. The second-order valence-electron chi connectivity index (χ2n) is 6.06. The molecule has 0 saturated carbocycles. The molecular formula is C20H19N3O2. The highest BCUT2D eigenvalue weighted by molar-refractivity contribution is 6.10. The molecule has 4 N–H and O–H groups in total. The van der Waals surface area contributed by atoms with E-state index < -0.39 is 5.91 Å². The van der Waals surface area contributed by atoms with Crippen LogP contribution in [-0.4, -0.2) is 16.8 Å². The number of hydrogen-bond donors (Lipinski definition) is 3. The number of nitrogens with two attached hydrogens (primary N) is 1. The Morgan fingerprint density at radius 1 is 1.20 bits per heavy atom. The Morgan fingerprint density at radius 2 is 1.96 bits per heavy atom. The molecule has 0 aliphatic heterocycles. The van der Waals surface area contributed by atoms with Crippen LogP contribution in [0.5, 0.6) is 0 Å². The minimum absolute atomic E-state index is 0.218. The molecule has 2 amide bonds. The normalized spacial score (nSPS) is 10.6. The minimum Gasteiger partial charge on any atom is -0.366 e. The monoisotopic (exact) mass is 333 g/mol. The number of rotatable bonds is 4. The molecule has 5 heteroatoms. The van der Waals surface area contributed by atoms with Gasteiger partial charge in [-0.1, -0.05) is 24.8 Å². The van der Waals surface area contributed by atoms with Crippen LogP contribution in [0, 0.1) is 6.92 Å². The molecule has 25 heavy (non-hydrogen) atoms. The lowest BCUT2D eigenvalue weighted by Crippen LogP contribution is -2.12. The molecule has 0 spiro atoms. The number of aromatic nitrogens is 1. The molecule has 2 aromatic carbocycles. The van der Waals surface area contributed by atoms with Gasteiger partial charge in [0.15, 0.2) is 0 Å². The van der Waals surface area contributed by atoms with E-state index >= 15 is 0 Å². The van der Waals surface area contributed by atoms with Crippen molar-refractivity contribution in [2.24, 2.45) is 5.73 Å². The van der Waals surface area contributed by atoms with Gasteiger partial charge in [-0.2, -0.15) is 0 Å². The molecule has 0 aliphatic rings. The number of aromatic amines is 1. The molecule has 126 valence electrons. The van der Waals surface area contributed by atoms with Crippen molar-refractivity contribution in [1.29, 1.82) is 0 Å². The third-order valence-electron chi connectivity index (χ3n) is 4.12. The Balaban J connectivity index is 2.13. The molecule has 0 aliphatic carbocycles. The third kappa shape index (κ3) is 3.04. The molecule has 1 aromatic heterocycles. The van der Waals surface area contributed by atoms with Crippen molar-refractivity contribution in [3.63, 3.8) is 0 Å². The number of carbonyl (C=O) groups is 2. The number of hydrogen-bond acceptors (Lipinski definition) is 2. The van der Waals surface area contributed by atoms with Gasteiger partial charge in [-0.3, -0.25) is 9.59 Å². The Morgan fingerprint density at radius 3 is 2.64 bits per heavy atom. The van der Waals surface area contributed by atoms with E-state index in [0.29, 0.717) is 16.8 Å². The van der Waals surface area contributed by atoms with Crippen LogP contribution in [-0.2, 0) is 4.79 Å². The van der Waals surface area contributed by atoms with Crippen molar-refractivity contribution in [3.05, 3.63) is 65.9 Å². The van der Waals surface area contributed by atoms with Crippen molar-refractivity contribution in [2.75, 3.05) is 5.32 Å². The predicted molar refractivity (Wildman–Crippen MR) is 100 cm³/mol. The minimum atomic E-state index is -0.471. The van der Waals surface area contributed by atoms with Gasteiger partial charge in [0.25, 0.3) is 11.8 Å². The number of H-pyrrole nitrogens is 1. The van der Waals surface area contributed by atoms with E-state index in [0.717, 1.165) is 27.6 Å². The summed E-state index contributed by atoms with van der Waals surface area (Å²) in [7, 11) is 0. The van der Waals surface area contributed by atoms with Crippen LogP contribution in [0.25, 0.3) is 22.0 Å². The maximum Gasteiger partial charge on any atom is 0.250 e. The zero-order valence-corrected chi connectivity index (χ0v) is 14.1. The van der Waals surface area contributed by atoms with E-state index in [4.69, 9.17) is 5.73 Å². The first kappa shape index (κ1) is 16.5. The van der Waals surface area contributed by atoms with Crippen LogP contribution in [0.3, 0.4) is 0 Å². The molecule has 0 bridgehead atoms. The van der Waals surface area contributed by atoms with Gasteiger partial charge in [-0.15, -0.1) is 0 Å². The summed E-state index contributed by atoms with van der Waals surface area (Å²) in [5.41, 5.74) is 10.7. The topological polar surface area (TPSA) is 88.0 Å². The van der Waals surface area contributed by atoms with Crippen molar-refractivity contribution in [2.45, 2.75) is 13.8 Å². The van der Waals surface area contributed by atoms with Crippen molar-refractivity contribution in [3.8, 4) is 11.1 Å². The highest BCUT2D eigenvalue weighted by Gasteiger charge is 2.15. The van der Waals surface area contributed by atoms with Gasteiger partial charge in [0.2, 0.25) is 0 Å². The van der Waals surface area contributed by atoms with Crippen molar-refractivity contribution in [1.82, 2.24) is 4.98 Å². The Bertz CT molecular complexity index is 1010. The highest BCUT2D eigenvalue weighted by Crippen LogP contribution is 2.33. The van der Waals surface area contributed by atoms with E-state index in [1.807, 2.05) is 43.5 Å². The summed E-state index contributed by atoms with van der Waals surface area (Å²) >= 11 is 0. The first-order chi connectivity index (χ1) is 11.9. The molecule has 0 radical (unpaired) electrons. The predicted octanol–water partition coefficient (Wildman–Crippen LogP) is 3.76. The van der Waals surface area contributed by atoms with Crippen molar-refractivity contribution < 1.29 is 9.59 Å². The number of amides is 2. The van der Waals surface area contributed by atoms with Crippen LogP contribution in [0.1, 0.15) is 22.8 Å². The fraction of sp³-hybridized carbons (Fsp3) is 0.100. The van der Waals surface area contributed by atoms with Gasteiger partial charge in [0.1, 0.15) is 0 Å². The quantitative estimate of drug-likeness (QED) is 0.635. The maximum absolute atomic E-state index is 11.8. The summed E-state index contributed by atoms with van der Waals surface area (Å²) in [5.74, 6) is -0.690. The second-order valence-corrected chi connectivity index (χ2v) is 6.06. The Kier molecular flexibility index (Phi) is 4.15. The molecule has 1 heterocycles. The van der Waals surface area contributed by atoms with E-state index in [1.165, 1.54) is 0 Å². The highest BCUT2D eigenvalue weighted by atomic mass is 16.2. The third-order valence-corrected chi connectivity index (χ3v) is 4.12. The summed E-state index contributed by atoms with van der Waals surface area (Å²) in [6.07, 6.45) is 1.85. The van der Waals surface area contributed by atoms with Crippen LogP contribution < -0.4 is 11.1 Å². The zero-order chi connectivity index (χ0) is 18.1. The van der Waals surface area contributed by atoms with Crippen LogP contribution >= 0.6 is 0 Å². The van der Waals surface area contributed by atoms with E-state index in [1.54, 1.807) is 13.0 Å². The smallest absolute Gasteiger partial charge is 0.250 e. The van der Waals surface area contributed by atoms with E-state index in [2.05, 4.69) is 16.9 Å². The number of benzene rings is 2. The zero-order valence-electron chi connectivity index (χ0n) is 14.1. The summed E-state index contributed by atoms with van der Waals surface area (Å²) in [5, 5.41) is 3.76. The number of nitrogens with one attached hydrogen (secondary N) is 2. The first-order valence-corrected chi connectivity index (χ1v) is 7.86. The molecule has 0 saturated heterocycles. The standard InChI is InChI=1S/C20H19N3O2/c1-11(2)20(25)23-14-6-4-5-13(9-14)15-7-8-16(19(21)24)18-17(15)12(3)10-22-18/h4-10,22H,1H2,2-3H3,(H2,21,24)(H,23,25). The molecule has 0 fully saturated rings. The van der Waals surface area contributed by atoms with Crippen LogP contribution in [0.15, 0.2) is 54.7 Å². The van der Waals surface area contributed by atoms with Crippen LogP contribution in [0.2, 0.25) is 0 Å². The van der Waals surface area contributed by atoms with Gasteiger partial charge in [0, 0.05) is 22.8 Å². The largest absolute Gasteiger partial charge is 0.366 e. The molecule has 5 nitrogen and oxygen atoms in total. The fourth-order valence-corrected chi connectivity index (χ4v) is 2.86. The van der Waals surface area contributed by atoms with E-state index in [9.17, 15) is 9.59 Å². The number of carbonyl (C=O) groups excluding carboxylic acids is 2. The summed E-state index contributed by atoms with van der Waals surface area (Å²) in [6, 6.07) is 11.1. The fourth-order valence-electron chi connectivity index (χ4n) is 2.86. The number of fused-ring (bicyclic) bond motifs is 1. The van der Waals surface area contributed by atoms with Gasteiger partial charge in [0.05, 0.1) is 11.1 Å². The lowest BCUT2D eigenvalue weighted by Gasteiger charge is -2.10. The Labute approximate surface area is 145 Å². The maximum atomic E-state index is 11.8. The van der Waals surface area contributed by atoms with Crippen molar-refractivity contribution >= 4 is 28.4 Å². The average molecular weight is 333 g/mol. The molecule has 3 rings (SSSR count). The number of anilines is 1. The molecule has 0 atom stereocenters. The second kappa shape index (κ2) is 6.28. The van der Waals surface area contributed by atoms with Gasteiger partial charge in [-0.25, -0.2) is 0 Å². The van der Waals surface area contributed by atoms with Crippen LogP contribution in [0.4, 0.5) is 5.69 Å². The van der Waals surface area contributed by atoms with Gasteiger partial charge < -0.3 is 16.0 Å². The molecular weight excluding hydrogens is 314 g/mol. The van der Waals surface area contributed by atoms with Gasteiger partial charge >= 0.3 is 0 Å². The first-order valence-electron chi connectivity index (χ1n) is 7.86. The van der Waals surface area contributed by atoms with E-state index in [-0.39, 0.29) is 5.91 Å². The summed E-state index contributed by atoms with van der Waals surface area (Å²) < 4.78 is 0. The molecule has 3 aromatic rings. The summed E-state index contributed by atoms with van der Waals surface area (Å²) in [6.45, 7) is 7.28. The Hall–Kier alpha value is -3.34.